The molecule has 0 radical (unpaired) electrons. The van der Waals surface area contributed by atoms with E-state index in [9.17, 15) is 13.6 Å². The first-order valence-corrected chi connectivity index (χ1v) is 9.39. The number of urea groups is 1. The minimum absolute atomic E-state index is 0.0729. The third-order valence-electron chi connectivity index (χ3n) is 5.25. The van der Waals surface area contributed by atoms with Crippen LogP contribution in [0.25, 0.3) is 0 Å². The minimum Gasteiger partial charge on any atom is -0.488 e. The standard InChI is InChI=1S/C21H22F2N2O3/c22-14-1-6-18(19(23)11-14)21(8-9-21)13-24-20(26)25-15-2-4-16(5-3-15)28-17-7-10-27-12-17/h1-6,11,17H,7-10,12-13H2,(H2,24,25,26). The largest absolute Gasteiger partial charge is 0.488 e. The van der Waals surface area contributed by atoms with Gasteiger partial charge in [0.15, 0.2) is 0 Å². The predicted octanol–water partition coefficient (Wildman–Crippen LogP) is 3.99. The second kappa shape index (κ2) is 7.75. The average molecular weight is 388 g/mol. The molecule has 2 amide bonds. The van der Waals surface area contributed by atoms with Crippen molar-refractivity contribution in [3.63, 3.8) is 0 Å². The number of carbonyl (C=O) groups excluding carboxylic acids is 1. The van der Waals surface area contributed by atoms with Crippen LogP contribution in [0.4, 0.5) is 19.3 Å². The molecular formula is C21H22F2N2O3. The van der Waals surface area contributed by atoms with Gasteiger partial charge in [-0.2, -0.15) is 0 Å². The van der Waals surface area contributed by atoms with Gasteiger partial charge in [-0.3, -0.25) is 0 Å². The summed E-state index contributed by atoms with van der Waals surface area (Å²) in [5.74, 6) is -0.441. The van der Waals surface area contributed by atoms with Crippen molar-refractivity contribution in [3.8, 4) is 5.75 Å². The molecule has 1 unspecified atom stereocenters. The first-order chi connectivity index (χ1) is 13.5. The Hall–Kier alpha value is -2.67. The van der Waals surface area contributed by atoms with Gasteiger partial charge in [0.05, 0.1) is 13.2 Å². The maximum Gasteiger partial charge on any atom is 0.319 e. The van der Waals surface area contributed by atoms with Crippen molar-refractivity contribution < 1.29 is 23.0 Å². The van der Waals surface area contributed by atoms with Crippen molar-refractivity contribution in [1.82, 2.24) is 5.32 Å². The molecule has 2 aromatic carbocycles. The highest BCUT2D eigenvalue weighted by Crippen LogP contribution is 2.48. The zero-order valence-corrected chi connectivity index (χ0v) is 15.3. The second-order valence-corrected chi connectivity index (χ2v) is 7.34. The Morgan fingerprint density at radius 2 is 1.96 bits per heavy atom. The van der Waals surface area contributed by atoms with Crippen molar-refractivity contribution in [3.05, 3.63) is 59.7 Å². The third kappa shape index (κ3) is 4.25. The van der Waals surface area contributed by atoms with Gasteiger partial charge < -0.3 is 20.1 Å². The molecule has 2 fully saturated rings. The van der Waals surface area contributed by atoms with E-state index < -0.39 is 17.0 Å². The molecule has 0 aromatic heterocycles. The number of carbonyl (C=O) groups is 1. The van der Waals surface area contributed by atoms with E-state index in [1.165, 1.54) is 12.1 Å². The lowest BCUT2D eigenvalue weighted by Gasteiger charge is -2.18. The minimum atomic E-state index is -0.601. The Kier molecular flexibility index (Phi) is 5.17. The van der Waals surface area contributed by atoms with Crippen LogP contribution in [0.2, 0.25) is 0 Å². The molecule has 1 saturated carbocycles. The third-order valence-corrected chi connectivity index (χ3v) is 5.25. The Labute approximate surface area is 162 Å². The Morgan fingerprint density at radius 1 is 1.18 bits per heavy atom. The van der Waals surface area contributed by atoms with Gasteiger partial charge in [-0.1, -0.05) is 6.07 Å². The second-order valence-electron chi connectivity index (χ2n) is 7.34. The van der Waals surface area contributed by atoms with Crippen LogP contribution in [0.15, 0.2) is 42.5 Å². The van der Waals surface area contributed by atoms with E-state index in [1.807, 2.05) is 0 Å². The fourth-order valence-corrected chi connectivity index (χ4v) is 3.45. The van der Waals surface area contributed by atoms with Gasteiger partial charge >= 0.3 is 6.03 Å². The monoisotopic (exact) mass is 388 g/mol. The van der Waals surface area contributed by atoms with E-state index in [1.54, 1.807) is 24.3 Å². The van der Waals surface area contributed by atoms with Crippen molar-refractivity contribution in [2.45, 2.75) is 30.8 Å². The summed E-state index contributed by atoms with van der Waals surface area (Å²) in [4.78, 5) is 12.2. The number of rotatable bonds is 6. The molecule has 7 heteroatoms. The lowest BCUT2D eigenvalue weighted by Crippen LogP contribution is -2.35. The van der Waals surface area contributed by atoms with E-state index in [-0.39, 0.29) is 12.1 Å². The highest BCUT2D eigenvalue weighted by atomic mass is 19.1. The van der Waals surface area contributed by atoms with Gasteiger partial charge in [-0.15, -0.1) is 0 Å². The number of anilines is 1. The van der Waals surface area contributed by atoms with Gasteiger partial charge in [0.2, 0.25) is 0 Å². The molecule has 1 atom stereocenters. The summed E-state index contributed by atoms with van der Waals surface area (Å²) < 4.78 is 38.2. The lowest BCUT2D eigenvalue weighted by atomic mass is 9.95. The van der Waals surface area contributed by atoms with Crippen LogP contribution < -0.4 is 15.4 Å². The number of hydrogen-bond acceptors (Lipinski definition) is 3. The molecule has 2 aliphatic rings. The van der Waals surface area contributed by atoms with Gasteiger partial charge in [-0.05, 0) is 48.7 Å². The van der Waals surface area contributed by atoms with Crippen LogP contribution in [0.5, 0.6) is 5.75 Å². The zero-order chi connectivity index (χ0) is 19.6. The molecule has 4 rings (SSSR count). The van der Waals surface area contributed by atoms with Gasteiger partial charge in [0.25, 0.3) is 0 Å². The summed E-state index contributed by atoms with van der Waals surface area (Å²) in [7, 11) is 0. The summed E-state index contributed by atoms with van der Waals surface area (Å²) in [5, 5.41) is 5.54. The van der Waals surface area contributed by atoms with Gasteiger partial charge in [-0.25, -0.2) is 13.6 Å². The van der Waals surface area contributed by atoms with E-state index >= 15 is 0 Å². The normalized spacial score (nSPS) is 19.9. The van der Waals surface area contributed by atoms with Crippen molar-refractivity contribution in [1.29, 1.82) is 0 Å². The van der Waals surface area contributed by atoms with Gasteiger partial charge in [0.1, 0.15) is 23.5 Å². The molecule has 0 spiro atoms. The fraction of sp³-hybridized carbons (Fsp3) is 0.381. The maximum atomic E-state index is 14.1. The van der Waals surface area contributed by atoms with Crippen LogP contribution in [0, 0.1) is 11.6 Å². The molecule has 5 nitrogen and oxygen atoms in total. The van der Waals surface area contributed by atoms with Crippen LogP contribution >= 0.6 is 0 Å². The Balaban J connectivity index is 1.29. The predicted molar refractivity (Wildman–Crippen MR) is 101 cm³/mol. The van der Waals surface area contributed by atoms with Crippen LogP contribution in [0.3, 0.4) is 0 Å². The Bertz CT molecular complexity index is 847. The number of halogens is 2. The summed E-state index contributed by atoms with van der Waals surface area (Å²) in [5.41, 5.74) is 0.632. The molecule has 2 N–H and O–H groups in total. The number of benzene rings is 2. The first kappa shape index (κ1) is 18.7. The molecule has 28 heavy (non-hydrogen) atoms. The molecule has 1 heterocycles. The topological polar surface area (TPSA) is 59.6 Å². The van der Waals surface area contributed by atoms with Gasteiger partial charge in [0, 0.05) is 30.1 Å². The summed E-state index contributed by atoms with van der Waals surface area (Å²) >= 11 is 0. The van der Waals surface area contributed by atoms with Crippen LogP contribution in [0.1, 0.15) is 24.8 Å². The van der Waals surface area contributed by atoms with Crippen molar-refractivity contribution in [2.75, 3.05) is 25.1 Å². The number of hydrogen-bond donors (Lipinski definition) is 2. The Morgan fingerprint density at radius 3 is 2.61 bits per heavy atom. The zero-order valence-electron chi connectivity index (χ0n) is 15.3. The first-order valence-electron chi connectivity index (χ1n) is 9.39. The quantitative estimate of drug-likeness (QED) is 0.787. The molecule has 1 saturated heterocycles. The van der Waals surface area contributed by atoms with E-state index in [4.69, 9.17) is 9.47 Å². The number of amides is 2. The molecule has 1 aliphatic carbocycles. The molecule has 0 bridgehead atoms. The molecule has 1 aliphatic heterocycles. The maximum absolute atomic E-state index is 14.1. The lowest BCUT2D eigenvalue weighted by molar-refractivity contribution is 0.141. The van der Waals surface area contributed by atoms with Crippen LogP contribution in [-0.2, 0) is 10.2 Å². The number of ether oxygens (including phenoxy) is 2. The van der Waals surface area contributed by atoms with Crippen molar-refractivity contribution in [2.24, 2.45) is 0 Å². The SMILES string of the molecule is O=C(NCC1(c2ccc(F)cc2F)CC1)Nc1ccc(OC2CCOC2)cc1. The summed E-state index contributed by atoms with van der Waals surface area (Å²) in [6, 6.07) is 10.3. The summed E-state index contributed by atoms with van der Waals surface area (Å²) in [6.45, 7) is 1.61. The molecule has 2 aromatic rings. The van der Waals surface area contributed by atoms with Crippen LogP contribution in [-0.4, -0.2) is 31.9 Å². The molecular weight excluding hydrogens is 366 g/mol. The van der Waals surface area contributed by atoms with E-state index in [0.717, 1.165) is 31.1 Å². The van der Waals surface area contributed by atoms with E-state index in [2.05, 4.69) is 10.6 Å². The smallest absolute Gasteiger partial charge is 0.319 e. The fourth-order valence-electron chi connectivity index (χ4n) is 3.45. The highest BCUT2D eigenvalue weighted by molar-refractivity contribution is 5.89. The number of nitrogens with one attached hydrogen (secondary N) is 2. The summed E-state index contributed by atoms with van der Waals surface area (Å²) in [6.07, 6.45) is 2.46. The average Bonchev–Trinajstić information content (AvgIpc) is 3.28. The highest BCUT2D eigenvalue weighted by Gasteiger charge is 2.46. The molecule has 148 valence electrons. The van der Waals surface area contributed by atoms with Crippen molar-refractivity contribution >= 4 is 11.7 Å². The van der Waals surface area contributed by atoms with E-state index in [0.29, 0.717) is 31.0 Å².